The zero-order chi connectivity index (χ0) is 7.61. The van der Waals surface area contributed by atoms with Crippen LogP contribution >= 0.6 is 0 Å². The van der Waals surface area contributed by atoms with Crippen molar-refractivity contribution in [2.75, 3.05) is 0 Å². The Hall–Kier alpha value is -0.263. The van der Waals surface area contributed by atoms with E-state index in [4.69, 9.17) is 0 Å². The maximum Gasteiger partial charge on any atom is 0.0781 e. The van der Waals surface area contributed by atoms with Crippen LogP contribution in [0.25, 0.3) is 0 Å². The maximum absolute atomic E-state index is 3.30. The zero-order valence-electron chi connectivity index (χ0n) is 7.15. The SMILES string of the molecule is C[Si](C)(C)C=C=CC1CC1. The molecule has 1 aliphatic carbocycles. The van der Waals surface area contributed by atoms with E-state index < -0.39 is 8.07 Å². The van der Waals surface area contributed by atoms with E-state index in [1.165, 1.54) is 12.8 Å². The van der Waals surface area contributed by atoms with Crippen molar-refractivity contribution in [1.29, 1.82) is 0 Å². The molecule has 0 aliphatic heterocycles. The first kappa shape index (κ1) is 7.84. The van der Waals surface area contributed by atoms with E-state index >= 15 is 0 Å². The van der Waals surface area contributed by atoms with E-state index in [0.29, 0.717) is 0 Å². The zero-order valence-corrected chi connectivity index (χ0v) is 8.15. The molecule has 0 atom stereocenters. The molecule has 0 aromatic heterocycles. The third kappa shape index (κ3) is 3.70. The van der Waals surface area contributed by atoms with Gasteiger partial charge in [-0.1, -0.05) is 25.3 Å². The van der Waals surface area contributed by atoms with Gasteiger partial charge in [-0.3, -0.25) is 0 Å². The standard InChI is InChI=1S/C9H16Si/c1-10(2,3)8-4-5-9-6-7-9/h5,8-9H,6-7H2,1-3H3. The Balaban J connectivity index is 2.40. The second-order valence-corrected chi connectivity index (χ2v) is 9.20. The van der Waals surface area contributed by atoms with Gasteiger partial charge in [0.05, 0.1) is 8.07 Å². The Bertz CT molecular complexity index is 164. The predicted molar refractivity (Wildman–Crippen MR) is 48.7 cm³/mol. The molecule has 10 heavy (non-hydrogen) atoms. The third-order valence-corrected chi connectivity index (χ3v) is 2.50. The highest BCUT2D eigenvalue weighted by molar-refractivity contribution is 6.80. The van der Waals surface area contributed by atoms with Gasteiger partial charge in [-0.05, 0) is 24.8 Å². The number of hydrogen-bond acceptors (Lipinski definition) is 0. The van der Waals surface area contributed by atoms with Crippen LogP contribution in [-0.4, -0.2) is 8.07 Å². The van der Waals surface area contributed by atoms with Gasteiger partial charge in [0.25, 0.3) is 0 Å². The lowest BCUT2D eigenvalue weighted by molar-refractivity contribution is 1.13. The normalized spacial score (nSPS) is 17.9. The van der Waals surface area contributed by atoms with Crippen LogP contribution in [0.5, 0.6) is 0 Å². The molecule has 0 spiro atoms. The summed E-state index contributed by atoms with van der Waals surface area (Å²) in [6.45, 7) is 7.00. The topological polar surface area (TPSA) is 0 Å². The highest BCUT2D eigenvalue weighted by Gasteiger charge is 2.17. The molecule has 56 valence electrons. The summed E-state index contributed by atoms with van der Waals surface area (Å²) in [6.07, 6.45) is 5.03. The summed E-state index contributed by atoms with van der Waals surface area (Å²) in [5.74, 6) is 0.882. The van der Waals surface area contributed by atoms with Gasteiger partial charge in [0.15, 0.2) is 0 Å². The summed E-state index contributed by atoms with van der Waals surface area (Å²) in [6, 6.07) is 0. The fourth-order valence-electron chi connectivity index (χ4n) is 0.697. The van der Waals surface area contributed by atoms with Gasteiger partial charge in [0.2, 0.25) is 0 Å². The Labute approximate surface area is 64.7 Å². The fraction of sp³-hybridized carbons (Fsp3) is 0.667. The summed E-state index contributed by atoms with van der Waals surface area (Å²) in [4.78, 5) is 0. The molecule has 1 heteroatoms. The Morgan fingerprint density at radius 3 is 2.30 bits per heavy atom. The number of allylic oxidation sites excluding steroid dienone is 1. The lowest BCUT2D eigenvalue weighted by Gasteiger charge is -2.04. The molecule has 0 aromatic rings. The first-order chi connectivity index (χ1) is 4.58. The quantitative estimate of drug-likeness (QED) is 0.421. The van der Waals surface area contributed by atoms with Crippen molar-refractivity contribution in [3.8, 4) is 0 Å². The van der Waals surface area contributed by atoms with Crippen LogP contribution in [-0.2, 0) is 0 Å². The van der Waals surface area contributed by atoms with Gasteiger partial charge in [-0.15, -0.1) is 5.73 Å². The maximum atomic E-state index is 3.30. The van der Waals surface area contributed by atoms with Gasteiger partial charge in [-0.25, -0.2) is 0 Å². The minimum atomic E-state index is -0.964. The Morgan fingerprint density at radius 1 is 1.30 bits per heavy atom. The molecule has 0 bridgehead atoms. The van der Waals surface area contributed by atoms with E-state index in [1.54, 1.807) is 0 Å². The van der Waals surface area contributed by atoms with Crippen molar-refractivity contribution in [2.24, 2.45) is 5.92 Å². The molecule has 0 heterocycles. The highest BCUT2D eigenvalue weighted by atomic mass is 28.3. The average Bonchev–Trinajstić information content (AvgIpc) is 2.45. The molecule has 1 saturated carbocycles. The minimum absolute atomic E-state index is 0.882. The first-order valence-corrected chi connectivity index (χ1v) is 7.59. The highest BCUT2D eigenvalue weighted by Crippen LogP contribution is 2.29. The van der Waals surface area contributed by atoms with E-state index in [-0.39, 0.29) is 0 Å². The molecule has 0 amide bonds. The smallest absolute Gasteiger partial charge is 0.0781 e. The van der Waals surface area contributed by atoms with Gasteiger partial charge < -0.3 is 0 Å². The summed E-state index contributed by atoms with van der Waals surface area (Å²) in [5.41, 5.74) is 5.58. The molecule has 0 aromatic carbocycles. The van der Waals surface area contributed by atoms with Crippen LogP contribution in [0.4, 0.5) is 0 Å². The summed E-state index contributed by atoms with van der Waals surface area (Å²) >= 11 is 0. The second-order valence-electron chi connectivity index (χ2n) is 4.18. The fourth-order valence-corrected chi connectivity index (χ4v) is 1.29. The van der Waals surface area contributed by atoms with E-state index in [9.17, 15) is 0 Å². The molecule has 0 N–H and O–H groups in total. The average molecular weight is 152 g/mol. The van der Waals surface area contributed by atoms with Crippen molar-refractivity contribution in [2.45, 2.75) is 32.5 Å². The van der Waals surface area contributed by atoms with Gasteiger partial charge in [-0.2, -0.15) is 0 Å². The minimum Gasteiger partial charge on any atom is -0.134 e. The third-order valence-electron chi connectivity index (χ3n) is 1.47. The lowest BCUT2D eigenvalue weighted by Crippen LogP contribution is -2.14. The van der Waals surface area contributed by atoms with Crippen molar-refractivity contribution in [3.63, 3.8) is 0 Å². The molecular formula is C9H16Si. The number of hydrogen-bond donors (Lipinski definition) is 0. The van der Waals surface area contributed by atoms with Crippen LogP contribution in [0.3, 0.4) is 0 Å². The molecule has 1 rings (SSSR count). The van der Waals surface area contributed by atoms with Crippen molar-refractivity contribution < 1.29 is 0 Å². The van der Waals surface area contributed by atoms with Crippen LogP contribution in [0, 0.1) is 5.92 Å². The van der Waals surface area contributed by atoms with Crippen molar-refractivity contribution in [1.82, 2.24) is 0 Å². The lowest BCUT2D eigenvalue weighted by atomic mass is 10.4. The molecule has 1 aliphatic rings. The molecular weight excluding hydrogens is 136 g/mol. The Morgan fingerprint density at radius 2 is 1.90 bits per heavy atom. The molecule has 0 saturated heterocycles. The van der Waals surface area contributed by atoms with Gasteiger partial charge in [0.1, 0.15) is 0 Å². The van der Waals surface area contributed by atoms with Gasteiger partial charge >= 0.3 is 0 Å². The second kappa shape index (κ2) is 2.77. The summed E-state index contributed by atoms with van der Waals surface area (Å²) in [7, 11) is -0.964. The van der Waals surface area contributed by atoms with Crippen LogP contribution < -0.4 is 0 Å². The first-order valence-electron chi connectivity index (χ1n) is 4.02. The van der Waals surface area contributed by atoms with Crippen LogP contribution in [0.15, 0.2) is 17.5 Å². The van der Waals surface area contributed by atoms with Gasteiger partial charge in [0, 0.05) is 0 Å². The summed E-state index contributed by atoms with van der Waals surface area (Å²) in [5, 5.41) is 0. The molecule has 0 radical (unpaired) electrons. The van der Waals surface area contributed by atoms with Crippen LogP contribution in [0.1, 0.15) is 12.8 Å². The Kier molecular flexibility index (Phi) is 2.17. The largest absolute Gasteiger partial charge is 0.134 e. The van der Waals surface area contributed by atoms with Crippen molar-refractivity contribution in [3.05, 3.63) is 17.5 Å². The van der Waals surface area contributed by atoms with Crippen molar-refractivity contribution >= 4 is 8.07 Å². The predicted octanol–water partition coefficient (Wildman–Crippen LogP) is 2.99. The molecule has 1 fully saturated rings. The van der Waals surface area contributed by atoms with Crippen LogP contribution in [0.2, 0.25) is 19.6 Å². The molecule has 0 unspecified atom stereocenters. The number of rotatable bonds is 2. The monoisotopic (exact) mass is 152 g/mol. The van der Waals surface area contributed by atoms with E-state index in [1.807, 2.05) is 0 Å². The van der Waals surface area contributed by atoms with E-state index in [2.05, 4.69) is 37.1 Å². The summed E-state index contributed by atoms with van der Waals surface area (Å²) < 4.78 is 0. The molecule has 0 nitrogen and oxygen atoms in total. The van der Waals surface area contributed by atoms with E-state index in [0.717, 1.165) is 5.92 Å².